The average molecular weight is 340 g/mol. The Bertz CT molecular complexity index is 587. The Kier molecular flexibility index (Phi) is 7.53. The van der Waals surface area contributed by atoms with Gasteiger partial charge >= 0.3 is 5.97 Å². The quantitative estimate of drug-likeness (QED) is 0.338. The van der Waals surface area contributed by atoms with Crippen molar-refractivity contribution in [2.45, 2.75) is 37.6 Å². The summed E-state index contributed by atoms with van der Waals surface area (Å²) in [6.45, 7) is 3.49. The number of amides is 1. The van der Waals surface area contributed by atoms with E-state index in [9.17, 15) is 19.7 Å². The zero-order chi connectivity index (χ0) is 17.4. The van der Waals surface area contributed by atoms with Crippen LogP contribution in [0.5, 0.6) is 0 Å². The number of nitro benzene ring substituents is 1. The van der Waals surface area contributed by atoms with Crippen molar-refractivity contribution in [2.24, 2.45) is 0 Å². The summed E-state index contributed by atoms with van der Waals surface area (Å²) in [4.78, 5) is 34.5. The van der Waals surface area contributed by atoms with Crippen molar-refractivity contribution in [3.63, 3.8) is 0 Å². The number of rotatable bonds is 8. The third-order valence-electron chi connectivity index (χ3n) is 3.30. The molecular formula is C15H20N2O5S. The Balaban J connectivity index is 2.70. The minimum absolute atomic E-state index is 0.0446. The van der Waals surface area contributed by atoms with E-state index in [-0.39, 0.29) is 23.2 Å². The molecule has 0 atom stereocenters. The van der Waals surface area contributed by atoms with Gasteiger partial charge in [0.15, 0.2) is 6.61 Å². The molecule has 0 radical (unpaired) electrons. The van der Waals surface area contributed by atoms with Crippen molar-refractivity contribution in [1.82, 2.24) is 5.32 Å². The molecule has 0 aliphatic carbocycles. The van der Waals surface area contributed by atoms with Gasteiger partial charge in [0, 0.05) is 12.1 Å². The summed E-state index contributed by atoms with van der Waals surface area (Å²) in [5.74, 6) is -1.15. The van der Waals surface area contributed by atoms with Crippen LogP contribution in [0.4, 0.5) is 5.69 Å². The predicted octanol–water partition coefficient (Wildman–Crippen LogP) is 2.78. The molecule has 0 saturated carbocycles. The lowest BCUT2D eigenvalue weighted by molar-refractivity contribution is -0.387. The molecule has 1 rings (SSSR count). The maximum Gasteiger partial charge on any atom is 0.338 e. The number of thioether (sulfide) groups is 1. The maximum absolute atomic E-state index is 11.9. The molecule has 8 heteroatoms. The molecule has 0 aliphatic heterocycles. The Morgan fingerprint density at radius 3 is 2.52 bits per heavy atom. The van der Waals surface area contributed by atoms with E-state index >= 15 is 0 Å². The average Bonchev–Trinajstić information content (AvgIpc) is 2.56. The number of esters is 1. The van der Waals surface area contributed by atoms with Crippen molar-refractivity contribution in [3.05, 3.63) is 33.9 Å². The standard InChI is InChI=1S/C15H20N2O5S/c1-4-11(5-2)16-14(18)9-22-15(19)10-6-7-13(23-3)12(8-10)17(20)21/h6-8,11H,4-5,9H2,1-3H3,(H,16,18). The molecule has 1 aromatic carbocycles. The summed E-state index contributed by atoms with van der Waals surface area (Å²) in [6.07, 6.45) is 3.29. The molecule has 1 N–H and O–H groups in total. The Morgan fingerprint density at radius 2 is 2.00 bits per heavy atom. The molecule has 0 bridgehead atoms. The first-order valence-corrected chi connectivity index (χ1v) is 8.44. The summed E-state index contributed by atoms with van der Waals surface area (Å²) in [7, 11) is 0. The number of nitrogens with one attached hydrogen (secondary N) is 1. The fourth-order valence-electron chi connectivity index (χ4n) is 1.94. The van der Waals surface area contributed by atoms with E-state index in [2.05, 4.69) is 5.32 Å². The normalized spacial score (nSPS) is 10.4. The minimum atomic E-state index is -0.763. The van der Waals surface area contributed by atoms with Crippen LogP contribution in [0.3, 0.4) is 0 Å². The second-order valence-corrected chi connectivity index (χ2v) is 5.65. The molecule has 0 aromatic heterocycles. The summed E-state index contributed by atoms with van der Waals surface area (Å²) in [5, 5.41) is 13.7. The van der Waals surface area contributed by atoms with Gasteiger partial charge in [0.25, 0.3) is 11.6 Å². The van der Waals surface area contributed by atoms with Gasteiger partial charge in [-0.15, -0.1) is 11.8 Å². The highest BCUT2D eigenvalue weighted by molar-refractivity contribution is 7.98. The van der Waals surface area contributed by atoms with E-state index < -0.39 is 17.5 Å². The number of hydrogen-bond acceptors (Lipinski definition) is 6. The Hall–Kier alpha value is -2.09. The van der Waals surface area contributed by atoms with Gasteiger partial charge < -0.3 is 10.1 Å². The molecule has 126 valence electrons. The number of carbonyl (C=O) groups is 2. The van der Waals surface area contributed by atoms with Gasteiger partial charge in [-0.05, 0) is 31.2 Å². The van der Waals surface area contributed by atoms with E-state index in [0.717, 1.165) is 18.9 Å². The van der Waals surface area contributed by atoms with Crippen LogP contribution >= 0.6 is 11.8 Å². The van der Waals surface area contributed by atoms with E-state index in [0.29, 0.717) is 4.90 Å². The molecule has 1 amide bonds. The molecule has 0 unspecified atom stereocenters. The summed E-state index contributed by atoms with van der Waals surface area (Å²) in [6, 6.07) is 4.14. The lowest BCUT2D eigenvalue weighted by atomic mass is 10.2. The Labute approximate surface area is 138 Å². The zero-order valence-corrected chi connectivity index (χ0v) is 14.1. The van der Waals surface area contributed by atoms with E-state index in [4.69, 9.17) is 4.74 Å². The van der Waals surface area contributed by atoms with Gasteiger partial charge in [-0.25, -0.2) is 4.79 Å². The second kappa shape index (κ2) is 9.14. The molecule has 0 fully saturated rings. The van der Waals surface area contributed by atoms with Crippen molar-refractivity contribution >= 4 is 29.3 Å². The van der Waals surface area contributed by atoms with Crippen molar-refractivity contribution in [3.8, 4) is 0 Å². The van der Waals surface area contributed by atoms with Crippen LogP contribution in [0.15, 0.2) is 23.1 Å². The number of hydrogen-bond donors (Lipinski definition) is 1. The fraction of sp³-hybridized carbons (Fsp3) is 0.467. The smallest absolute Gasteiger partial charge is 0.338 e. The van der Waals surface area contributed by atoms with Crippen molar-refractivity contribution < 1.29 is 19.2 Å². The highest BCUT2D eigenvalue weighted by Crippen LogP contribution is 2.28. The van der Waals surface area contributed by atoms with Crippen LogP contribution in [0.2, 0.25) is 0 Å². The molecule has 0 saturated heterocycles. The van der Waals surface area contributed by atoms with Gasteiger partial charge in [-0.3, -0.25) is 14.9 Å². The molecular weight excluding hydrogens is 320 g/mol. The first kappa shape index (κ1) is 19.0. The van der Waals surface area contributed by atoms with Crippen LogP contribution < -0.4 is 5.32 Å². The first-order valence-electron chi connectivity index (χ1n) is 7.21. The van der Waals surface area contributed by atoms with E-state index in [1.54, 1.807) is 6.26 Å². The largest absolute Gasteiger partial charge is 0.452 e. The highest BCUT2D eigenvalue weighted by Gasteiger charge is 2.18. The molecule has 23 heavy (non-hydrogen) atoms. The van der Waals surface area contributed by atoms with Gasteiger partial charge in [-0.1, -0.05) is 13.8 Å². The predicted molar refractivity (Wildman–Crippen MR) is 87.7 cm³/mol. The van der Waals surface area contributed by atoms with Crippen LogP contribution in [-0.4, -0.2) is 35.7 Å². The summed E-state index contributed by atoms with van der Waals surface area (Å²) in [5.41, 5.74) is -0.113. The van der Waals surface area contributed by atoms with E-state index in [1.807, 2.05) is 13.8 Å². The number of ether oxygens (including phenoxy) is 1. The Morgan fingerprint density at radius 1 is 1.35 bits per heavy atom. The topological polar surface area (TPSA) is 98.5 Å². The highest BCUT2D eigenvalue weighted by atomic mass is 32.2. The van der Waals surface area contributed by atoms with Crippen molar-refractivity contribution in [1.29, 1.82) is 0 Å². The molecule has 0 aliphatic rings. The molecule has 0 heterocycles. The van der Waals surface area contributed by atoms with Gasteiger partial charge in [0.2, 0.25) is 0 Å². The summed E-state index contributed by atoms with van der Waals surface area (Å²) >= 11 is 1.22. The lowest BCUT2D eigenvalue weighted by Crippen LogP contribution is -2.36. The first-order chi connectivity index (χ1) is 10.9. The molecule has 1 aromatic rings. The van der Waals surface area contributed by atoms with Gasteiger partial charge in [-0.2, -0.15) is 0 Å². The van der Waals surface area contributed by atoms with Gasteiger partial charge in [0.1, 0.15) is 0 Å². The second-order valence-electron chi connectivity index (χ2n) is 4.80. The third kappa shape index (κ3) is 5.55. The lowest BCUT2D eigenvalue weighted by Gasteiger charge is -2.14. The monoisotopic (exact) mass is 340 g/mol. The fourth-order valence-corrected chi connectivity index (χ4v) is 2.48. The SMILES string of the molecule is CCC(CC)NC(=O)COC(=O)c1ccc(SC)c([N+](=O)[O-])c1. The third-order valence-corrected chi connectivity index (χ3v) is 4.08. The van der Waals surface area contributed by atoms with Crippen LogP contribution in [0, 0.1) is 10.1 Å². The van der Waals surface area contributed by atoms with Crippen LogP contribution in [0.1, 0.15) is 37.0 Å². The van der Waals surface area contributed by atoms with Crippen molar-refractivity contribution in [2.75, 3.05) is 12.9 Å². The minimum Gasteiger partial charge on any atom is -0.452 e. The number of nitro groups is 1. The number of benzene rings is 1. The van der Waals surface area contributed by atoms with Crippen LogP contribution in [-0.2, 0) is 9.53 Å². The summed E-state index contributed by atoms with van der Waals surface area (Å²) < 4.78 is 4.91. The number of carbonyl (C=O) groups excluding carboxylic acids is 2. The van der Waals surface area contributed by atoms with Crippen LogP contribution in [0.25, 0.3) is 0 Å². The van der Waals surface area contributed by atoms with Gasteiger partial charge in [0.05, 0.1) is 15.4 Å². The molecule has 7 nitrogen and oxygen atoms in total. The zero-order valence-electron chi connectivity index (χ0n) is 13.3. The maximum atomic E-state index is 11.9. The number of nitrogens with zero attached hydrogens (tertiary/aromatic N) is 1. The van der Waals surface area contributed by atoms with E-state index in [1.165, 1.54) is 23.9 Å². The molecule has 0 spiro atoms.